The maximum absolute atomic E-state index is 12.6. The molecule has 49 heteroatoms. The number of rotatable bonds is 16. The van der Waals surface area contributed by atoms with Crippen LogP contribution in [0.5, 0.6) is 0 Å². The maximum Gasteiger partial charge on any atom is 0.328 e. The largest absolute Gasteiger partial charge is 0.481 e. The van der Waals surface area contributed by atoms with Gasteiger partial charge in [-0.3, -0.25) is 146 Å². The van der Waals surface area contributed by atoms with Crippen molar-refractivity contribution in [1.82, 2.24) is 98.2 Å². The Labute approximate surface area is 669 Å². The highest BCUT2D eigenvalue weighted by Crippen LogP contribution is 2.65. The number of aliphatic hydroxyl groups excluding tert-OH is 1. The molecule has 0 spiro atoms. The Balaban J connectivity index is 0.000000158. The third kappa shape index (κ3) is 15.7. The zero-order chi connectivity index (χ0) is 89.1. The second kappa shape index (κ2) is 33.0. The van der Waals surface area contributed by atoms with E-state index in [-0.39, 0.29) is 76.6 Å². The predicted molar refractivity (Wildman–Crippen MR) is 404 cm³/mol. The number of H-pyrrole nitrogens is 6. The molecule has 0 radical (unpaired) electrons. The molecule has 8 atom stereocenters. The molecule has 8 unspecified atom stereocenters. The molecule has 120 heavy (non-hydrogen) atoms. The minimum absolute atomic E-state index is 0.0105. The molecule has 12 heterocycles. The highest BCUT2D eigenvalue weighted by Gasteiger charge is 2.83. The summed E-state index contributed by atoms with van der Waals surface area (Å²) < 4.78 is 16.3. The lowest BCUT2D eigenvalue weighted by molar-refractivity contribution is -0.209. The molecule has 8 fully saturated rings. The van der Waals surface area contributed by atoms with Crippen LogP contribution >= 0.6 is 0 Å². The number of fused-ring (bicyclic) bond motifs is 2. The van der Waals surface area contributed by atoms with Gasteiger partial charge in [0.25, 0.3) is 33.4 Å². The van der Waals surface area contributed by atoms with Gasteiger partial charge >= 0.3 is 82.1 Å². The van der Waals surface area contributed by atoms with Gasteiger partial charge in [-0.2, -0.15) is 0 Å². The molecule has 0 bridgehead atoms. The number of nitrogens with one attached hydrogen (secondary N) is 10. The summed E-state index contributed by atoms with van der Waals surface area (Å²) in [4.78, 5) is 303. The lowest BCUT2D eigenvalue weighted by Gasteiger charge is -2.70. The highest BCUT2D eigenvalue weighted by atomic mass is 16.5. The van der Waals surface area contributed by atoms with E-state index in [1.54, 1.807) is 27.7 Å². The molecule has 2 saturated carbocycles. The molecule has 12 amide bonds. The molecular formula is C71H84N20O29. The molecule has 13 N–H and O–H groups in total. The molecule has 8 aliphatic rings. The molecule has 14 rings (SSSR count). The fourth-order valence-corrected chi connectivity index (χ4v) is 16.3. The van der Waals surface area contributed by atoms with Crippen LogP contribution in [0.25, 0.3) is 0 Å². The Morgan fingerprint density at radius 3 is 0.783 bits per heavy atom. The van der Waals surface area contributed by atoms with Crippen LogP contribution in [0.1, 0.15) is 61.1 Å². The summed E-state index contributed by atoms with van der Waals surface area (Å²) in [6, 6.07) is -5.38. The van der Waals surface area contributed by atoms with Crippen LogP contribution in [0.15, 0.2) is 94.7 Å². The van der Waals surface area contributed by atoms with E-state index in [1.165, 1.54) is 122 Å². The predicted octanol–water partition coefficient (Wildman–Crippen LogP) is -7.81. The number of carbonyl (C=O) groups is 12. The van der Waals surface area contributed by atoms with Gasteiger partial charge in [0.15, 0.2) is 0 Å². The van der Waals surface area contributed by atoms with E-state index in [0.29, 0.717) is 22.3 Å². The van der Waals surface area contributed by atoms with Crippen LogP contribution in [0.3, 0.4) is 0 Å². The van der Waals surface area contributed by atoms with Crippen molar-refractivity contribution in [3.8, 4) is 0 Å². The first-order valence-electron chi connectivity index (χ1n) is 36.6. The number of amides is 12. The average Bonchev–Trinajstić information content (AvgIpc) is 1.02. The lowest BCUT2D eigenvalue weighted by Crippen LogP contribution is -2.90. The number of hydrogen-bond acceptors (Lipinski definition) is 27. The summed E-state index contributed by atoms with van der Waals surface area (Å²) >= 11 is 0. The van der Waals surface area contributed by atoms with Crippen molar-refractivity contribution in [2.75, 3.05) is 40.4 Å². The molecule has 6 aliphatic heterocycles. The number of ether oxygens (including phenoxy) is 2. The average molecular weight is 1680 g/mol. The fraction of sp³-hybridized carbons (Fsp3) is 0.493. The highest BCUT2D eigenvalue weighted by molar-refractivity contribution is 6.12. The Hall–Kier alpha value is -14.3. The Morgan fingerprint density at radius 1 is 0.358 bits per heavy atom. The van der Waals surface area contributed by atoms with Gasteiger partial charge in [0.1, 0.15) is 0 Å². The van der Waals surface area contributed by atoms with Crippen molar-refractivity contribution in [3.63, 3.8) is 0 Å². The SMILES string of the molecule is CC12C(=O)NC(=O)N3CC(C(=O)O)CN4C(=O)NC(=O)C1(C)C4C32.COC(=O)C(Cn1cc(C)c(=O)[nH]c1=O)Cn1cc(C)c(=O)[nH]c1=O.COC(=O)C1CN2C(=O)NC(=O)C3(C)C2C2N(C1)C(=O)NC(=O)C23C.Cc1cn(CC(Cn2cc(C)c(=O)[nH]c2=O)C(=O)O)c(=O)[nH]c1=O.Cc1cn(CC(O)Cn2cc(C)c(=O)[nH]c2=O)c(=O)[nH]c1=O. The minimum atomic E-state index is -1.23. The van der Waals surface area contributed by atoms with Gasteiger partial charge in [-0.05, 0) is 69.2 Å². The van der Waals surface area contributed by atoms with Crippen molar-refractivity contribution >= 4 is 71.6 Å². The first kappa shape index (κ1) is 88.1. The Bertz CT molecular complexity index is 5800. The van der Waals surface area contributed by atoms with Gasteiger partial charge < -0.3 is 44.4 Å². The molecule has 2 aliphatic carbocycles. The lowest BCUT2D eigenvalue weighted by atomic mass is 9.42. The van der Waals surface area contributed by atoms with Crippen molar-refractivity contribution in [2.45, 2.75) is 139 Å². The zero-order valence-electron chi connectivity index (χ0n) is 66.2. The minimum Gasteiger partial charge on any atom is -0.481 e. The van der Waals surface area contributed by atoms with Crippen LogP contribution in [0, 0.1) is 86.9 Å². The quantitative estimate of drug-likeness (QED) is 0.0400. The third-order valence-corrected chi connectivity index (χ3v) is 23.3. The number of urea groups is 4. The van der Waals surface area contributed by atoms with Crippen LogP contribution < -0.4 is 88.8 Å². The third-order valence-electron chi connectivity index (χ3n) is 23.3. The van der Waals surface area contributed by atoms with Gasteiger partial charge in [0.2, 0.25) is 23.6 Å². The van der Waals surface area contributed by atoms with E-state index in [0.717, 1.165) is 18.3 Å². The number of imide groups is 4. The topological polar surface area (TPSA) is 674 Å². The zero-order valence-corrected chi connectivity index (χ0v) is 66.2. The van der Waals surface area contributed by atoms with Crippen molar-refractivity contribution < 1.29 is 82.3 Å². The van der Waals surface area contributed by atoms with Gasteiger partial charge in [-0.25, -0.2) is 47.9 Å². The molecule has 6 saturated heterocycles. The van der Waals surface area contributed by atoms with Crippen LogP contribution in [-0.2, 0) is 87.1 Å². The number of aryl methyl sites for hydroxylation is 6. The van der Waals surface area contributed by atoms with Crippen molar-refractivity contribution in [3.05, 3.63) is 196 Å². The number of carbonyl (C=O) groups excluding carboxylic acids is 10. The van der Waals surface area contributed by atoms with Crippen molar-refractivity contribution in [1.29, 1.82) is 0 Å². The molecule has 6 aromatic heterocycles. The number of methoxy groups -OCH3 is 2. The molecule has 642 valence electrons. The smallest absolute Gasteiger partial charge is 0.328 e. The number of aromatic nitrogens is 12. The number of carboxylic acids is 2. The van der Waals surface area contributed by atoms with Crippen LogP contribution in [0.4, 0.5) is 19.2 Å². The fourth-order valence-electron chi connectivity index (χ4n) is 16.3. The van der Waals surface area contributed by atoms with E-state index in [2.05, 4.69) is 51.2 Å². The van der Waals surface area contributed by atoms with Gasteiger partial charge in [-0.1, -0.05) is 0 Å². The maximum atomic E-state index is 12.6. The van der Waals surface area contributed by atoms with Gasteiger partial charge in [0, 0.05) is 123 Å². The second-order valence-corrected chi connectivity index (χ2v) is 30.7. The molecule has 6 aromatic rings. The number of aliphatic carboxylic acids is 2. The summed E-state index contributed by atoms with van der Waals surface area (Å²) in [5, 5.41) is 37.8. The first-order chi connectivity index (χ1) is 56.0. The molecule has 0 aromatic carbocycles. The summed E-state index contributed by atoms with van der Waals surface area (Å²) in [6.45, 7) is 14.4. The molecular weight excluding hydrogens is 1600 g/mol. The monoisotopic (exact) mass is 1680 g/mol. The standard InChI is InChI=1S/2C15H18N4O6.2C14H16N4O6.C13H16N4O5/c1-14-7-8-15(14,2)11(22)17-13(24)19(8)5-6(9(20)25-3)4-18(7)12(23)16-10(14)21;1-8-4-18(14(23)16-11(8)20)6-10(13(22)25-3)7-19-5-9(2)12(21)17-15(19)24;1-13-6-7-14(13,2)10(22)16-12(24)18(7)4-5(8(19)20)3-17(6)11(23)15-9(13)21;1-7-3-17(13(23)15-10(7)19)5-9(12(21)22)6-18-4-8(2)11(20)16-14(18)24;1-7-3-16(12(21)14-10(7)19)5-9(18)6-17-4-8(2)11(20)15-13(17)22/h6-8H,4-5H2,1-3H3,(H,16,21,23)(H,17,22,24);4-5,10H,6-7H2,1-3H3,(H,16,20,23)(H,17,21,24);5-7H,3-4H2,1-2H3,(H,19,20)(H,15,21,23)(H,16,22,24);3-4,9H,5-6H2,1-2H3,(H,21,22)(H,15,19,23)(H,16,20,24);3-4,9,18H,5-6H2,1-2H3,(H,14,19,21)(H,15,20,22). The van der Waals surface area contributed by atoms with E-state index in [9.17, 15) is 130 Å². The van der Waals surface area contributed by atoms with E-state index in [1.807, 2.05) is 0 Å². The number of hydrogen-bond donors (Lipinski definition) is 13. The summed E-state index contributed by atoms with van der Waals surface area (Å²) in [5.41, 5.74) is -10.2. The van der Waals surface area contributed by atoms with Gasteiger partial charge in [-0.15, -0.1) is 0 Å². The number of aliphatic hydroxyl groups is 1. The molecule has 49 nitrogen and oxygen atoms in total. The second-order valence-electron chi connectivity index (χ2n) is 30.7. The summed E-state index contributed by atoms with van der Waals surface area (Å²) in [6.07, 6.45) is 6.81. The summed E-state index contributed by atoms with van der Waals surface area (Å²) in [7, 11) is 2.42. The summed E-state index contributed by atoms with van der Waals surface area (Å²) in [5.74, 6) is -9.55. The van der Waals surface area contributed by atoms with E-state index < -0.39 is 215 Å². The number of aromatic amines is 6. The van der Waals surface area contributed by atoms with Crippen molar-refractivity contribution in [2.24, 2.45) is 45.3 Å². The Kier molecular flexibility index (Phi) is 24.2. The van der Waals surface area contributed by atoms with E-state index >= 15 is 0 Å². The first-order valence-corrected chi connectivity index (χ1v) is 36.6. The van der Waals surface area contributed by atoms with Gasteiger partial charge in [0.05, 0.1) is 103 Å². The number of carboxylic acid groups (broad SMARTS) is 2. The van der Waals surface area contributed by atoms with Crippen LogP contribution in [-0.4, -0.2) is 235 Å². The van der Waals surface area contributed by atoms with E-state index in [4.69, 9.17) is 9.47 Å². The normalized spacial score (nSPS) is 23.9. The van der Waals surface area contributed by atoms with Crippen LogP contribution in [0.2, 0.25) is 0 Å². The Morgan fingerprint density at radius 2 is 0.575 bits per heavy atom. The number of esters is 2. The number of nitrogens with zero attached hydrogens (tertiary/aromatic N) is 10.